The van der Waals surface area contributed by atoms with Crippen molar-refractivity contribution in [2.75, 3.05) is 0 Å². The van der Waals surface area contributed by atoms with Gasteiger partial charge in [-0.1, -0.05) is 103 Å². The molecule has 4 rings (SSSR count). The number of hydrogen-bond acceptors (Lipinski definition) is 0. The van der Waals surface area contributed by atoms with Crippen molar-refractivity contribution in [3.63, 3.8) is 0 Å². The Morgan fingerprint density at radius 2 is 0.917 bits per heavy atom. The molecule has 0 amide bonds. The van der Waals surface area contributed by atoms with Gasteiger partial charge < -0.3 is 0 Å². The van der Waals surface area contributed by atoms with Crippen LogP contribution in [0.5, 0.6) is 0 Å². The molecule has 0 aliphatic carbocycles. The zero-order valence-corrected chi connectivity index (χ0v) is 13.3. The SMILES string of the molecule is [c]1ccc(-c2c(-c3ccccc3)cccc2-c2ccccc2)cc1. The molecule has 24 heavy (non-hydrogen) atoms. The summed E-state index contributed by atoms with van der Waals surface area (Å²) in [7, 11) is 0. The van der Waals surface area contributed by atoms with E-state index in [0.29, 0.717) is 0 Å². The van der Waals surface area contributed by atoms with Crippen LogP contribution in [0, 0.1) is 6.07 Å². The number of benzene rings is 4. The first-order valence-corrected chi connectivity index (χ1v) is 8.14. The summed E-state index contributed by atoms with van der Waals surface area (Å²) in [5, 5.41) is 0. The van der Waals surface area contributed by atoms with Gasteiger partial charge in [0.1, 0.15) is 0 Å². The Morgan fingerprint density at radius 3 is 1.42 bits per heavy atom. The summed E-state index contributed by atoms with van der Waals surface area (Å²) >= 11 is 0. The van der Waals surface area contributed by atoms with Gasteiger partial charge in [0.05, 0.1) is 0 Å². The van der Waals surface area contributed by atoms with Gasteiger partial charge in [0.25, 0.3) is 0 Å². The van der Waals surface area contributed by atoms with Crippen molar-refractivity contribution in [2.45, 2.75) is 0 Å². The maximum Gasteiger partial charge on any atom is -0.00268 e. The highest BCUT2D eigenvalue weighted by atomic mass is 14.2. The zero-order chi connectivity index (χ0) is 16.2. The van der Waals surface area contributed by atoms with Crippen molar-refractivity contribution < 1.29 is 0 Å². The van der Waals surface area contributed by atoms with Gasteiger partial charge in [-0.05, 0) is 39.4 Å². The summed E-state index contributed by atoms with van der Waals surface area (Å²) in [4.78, 5) is 0. The molecule has 4 aromatic carbocycles. The standard InChI is InChI=1S/C24H17/c1-4-11-19(12-5-1)22-17-10-18-23(20-13-6-2-7-14-20)24(22)21-15-8-3-9-16-21/h1-2,4-18H. The predicted octanol–water partition coefficient (Wildman–Crippen LogP) is 6.49. The van der Waals surface area contributed by atoms with Crippen LogP contribution in [0.3, 0.4) is 0 Å². The van der Waals surface area contributed by atoms with Gasteiger partial charge in [-0.15, -0.1) is 0 Å². The molecule has 0 N–H and O–H groups in total. The van der Waals surface area contributed by atoms with E-state index in [0.717, 1.165) is 0 Å². The molecule has 0 aliphatic rings. The van der Waals surface area contributed by atoms with Crippen LogP contribution in [0.1, 0.15) is 0 Å². The Bertz CT molecular complexity index is 866. The Hall–Kier alpha value is -3.12. The fourth-order valence-corrected chi connectivity index (χ4v) is 3.13. The first kappa shape index (κ1) is 14.5. The highest BCUT2D eigenvalue weighted by Crippen LogP contribution is 2.39. The molecule has 0 bridgehead atoms. The lowest BCUT2D eigenvalue weighted by atomic mass is 9.88. The third kappa shape index (κ3) is 2.75. The van der Waals surface area contributed by atoms with Crippen LogP contribution >= 0.6 is 0 Å². The molecule has 0 aliphatic heterocycles. The third-order valence-electron chi connectivity index (χ3n) is 4.24. The van der Waals surface area contributed by atoms with E-state index in [1.54, 1.807) is 0 Å². The van der Waals surface area contributed by atoms with Gasteiger partial charge in [0.2, 0.25) is 0 Å². The lowest BCUT2D eigenvalue weighted by Gasteiger charge is -2.16. The van der Waals surface area contributed by atoms with Crippen LogP contribution in [0.15, 0.2) is 103 Å². The van der Waals surface area contributed by atoms with Crippen molar-refractivity contribution in [2.24, 2.45) is 0 Å². The number of hydrogen-bond donors (Lipinski definition) is 0. The van der Waals surface area contributed by atoms with E-state index in [1.165, 1.54) is 33.4 Å². The molecule has 0 atom stereocenters. The number of rotatable bonds is 3. The van der Waals surface area contributed by atoms with Crippen molar-refractivity contribution in [3.8, 4) is 33.4 Å². The highest BCUT2D eigenvalue weighted by molar-refractivity contribution is 5.94. The van der Waals surface area contributed by atoms with Crippen LogP contribution in [-0.4, -0.2) is 0 Å². The second-order valence-corrected chi connectivity index (χ2v) is 5.75. The minimum atomic E-state index is 1.21. The Kier molecular flexibility index (Phi) is 3.95. The average molecular weight is 305 g/mol. The molecule has 0 heterocycles. The summed E-state index contributed by atoms with van der Waals surface area (Å²) in [6.45, 7) is 0. The van der Waals surface area contributed by atoms with Crippen LogP contribution in [0.25, 0.3) is 33.4 Å². The van der Waals surface area contributed by atoms with Crippen LogP contribution < -0.4 is 0 Å². The van der Waals surface area contributed by atoms with Gasteiger partial charge >= 0.3 is 0 Å². The van der Waals surface area contributed by atoms with Crippen LogP contribution in [0.4, 0.5) is 0 Å². The van der Waals surface area contributed by atoms with Crippen molar-refractivity contribution in [3.05, 3.63) is 109 Å². The molecule has 0 saturated heterocycles. The first-order valence-electron chi connectivity index (χ1n) is 8.14. The van der Waals surface area contributed by atoms with E-state index in [1.807, 2.05) is 12.1 Å². The monoisotopic (exact) mass is 305 g/mol. The Balaban J connectivity index is 2.02. The summed E-state index contributed by atoms with van der Waals surface area (Å²) in [6, 6.07) is 39.0. The second-order valence-electron chi connectivity index (χ2n) is 5.75. The highest BCUT2D eigenvalue weighted by Gasteiger charge is 2.13. The molecule has 113 valence electrons. The normalized spacial score (nSPS) is 10.5. The summed E-state index contributed by atoms with van der Waals surface area (Å²) in [6.07, 6.45) is 0. The van der Waals surface area contributed by atoms with Crippen LogP contribution in [-0.2, 0) is 0 Å². The molecular formula is C24H17. The zero-order valence-electron chi connectivity index (χ0n) is 13.3. The van der Waals surface area contributed by atoms with Gasteiger partial charge in [-0.3, -0.25) is 0 Å². The Labute approximate surface area is 143 Å². The van der Waals surface area contributed by atoms with E-state index in [-0.39, 0.29) is 0 Å². The van der Waals surface area contributed by atoms with E-state index in [4.69, 9.17) is 0 Å². The van der Waals surface area contributed by atoms with Crippen molar-refractivity contribution in [1.82, 2.24) is 0 Å². The molecule has 0 nitrogen and oxygen atoms in total. The van der Waals surface area contributed by atoms with Crippen molar-refractivity contribution >= 4 is 0 Å². The molecule has 0 spiro atoms. The van der Waals surface area contributed by atoms with E-state index < -0.39 is 0 Å². The lowest BCUT2D eigenvalue weighted by Crippen LogP contribution is -1.90. The topological polar surface area (TPSA) is 0 Å². The minimum absolute atomic E-state index is 1.21. The molecule has 0 aromatic heterocycles. The molecular weight excluding hydrogens is 288 g/mol. The first-order chi connectivity index (χ1) is 11.9. The van der Waals surface area contributed by atoms with Gasteiger partial charge in [-0.2, -0.15) is 0 Å². The maximum atomic E-state index is 3.12. The van der Waals surface area contributed by atoms with Gasteiger partial charge in [0, 0.05) is 0 Å². The van der Waals surface area contributed by atoms with Crippen molar-refractivity contribution in [1.29, 1.82) is 0 Å². The lowest BCUT2D eigenvalue weighted by molar-refractivity contribution is 1.55. The molecule has 4 aromatic rings. The van der Waals surface area contributed by atoms with Gasteiger partial charge in [0.15, 0.2) is 0 Å². The smallest absolute Gasteiger partial charge is 0.00268 e. The molecule has 0 fully saturated rings. The molecule has 1 radical (unpaired) electrons. The maximum absolute atomic E-state index is 3.12. The largest absolute Gasteiger partial charge is 0.0622 e. The van der Waals surface area contributed by atoms with E-state index in [9.17, 15) is 0 Å². The fraction of sp³-hybridized carbons (Fsp3) is 0. The fourth-order valence-electron chi connectivity index (χ4n) is 3.13. The predicted molar refractivity (Wildman–Crippen MR) is 102 cm³/mol. The van der Waals surface area contributed by atoms with E-state index >= 15 is 0 Å². The average Bonchev–Trinajstić information content (AvgIpc) is 2.69. The molecule has 0 saturated carbocycles. The minimum Gasteiger partial charge on any atom is -0.0622 e. The second kappa shape index (κ2) is 6.55. The van der Waals surface area contributed by atoms with E-state index in [2.05, 4.69) is 97.1 Å². The van der Waals surface area contributed by atoms with Gasteiger partial charge in [-0.25, -0.2) is 0 Å². The van der Waals surface area contributed by atoms with Crippen LogP contribution in [0.2, 0.25) is 0 Å². The molecule has 0 heteroatoms. The quantitative estimate of drug-likeness (QED) is 0.406. The summed E-state index contributed by atoms with van der Waals surface area (Å²) in [5.41, 5.74) is 7.46. The molecule has 0 unspecified atom stereocenters. The third-order valence-corrected chi connectivity index (χ3v) is 4.24. The summed E-state index contributed by atoms with van der Waals surface area (Å²) < 4.78 is 0. The summed E-state index contributed by atoms with van der Waals surface area (Å²) in [5.74, 6) is 0. The Morgan fingerprint density at radius 1 is 0.417 bits per heavy atom.